The molecule has 1 aromatic rings. The van der Waals surface area contributed by atoms with Crippen molar-refractivity contribution < 1.29 is 9.84 Å². The summed E-state index contributed by atoms with van der Waals surface area (Å²) in [6, 6.07) is 6.11. The minimum absolute atomic E-state index is 0.0261. The number of hydrogen-bond donors (Lipinski definition) is 1. The Hall–Kier alpha value is -0.955. The van der Waals surface area contributed by atoms with Gasteiger partial charge in [-0.05, 0) is 11.6 Å². The van der Waals surface area contributed by atoms with Gasteiger partial charge in [0.2, 0.25) is 0 Å². The van der Waals surface area contributed by atoms with Crippen LogP contribution in [0, 0.1) is 0 Å². The molecule has 0 aromatic heterocycles. The molecular weight excluding hydrogens is 151 g/mol. The van der Waals surface area contributed by atoms with Crippen molar-refractivity contribution in [1.29, 1.82) is 0 Å². The van der Waals surface area contributed by atoms with E-state index in [1.54, 1.807) is 0 Å². The molecule has 0 radical (unpaired) electrons. The molecule has 0 saturated heterocycles. The molecule has 1 N–H and O–H groups in total. The Balaban J connectivity index is 2.30. The molecule has 0 saturated carbocycles. The second kappa shape index (κ2) is 2.83. The summed E-state index contributed by atoms with van der Waals surface area (Å²) in [6.07, 6.45) is 0.815. The van der Waals surface area contributed by atoms with Crippen LogP contribution in [0.3, 0.4) is 0 Å². The average molecular weight is 162 g/mol. The molecule has 0 fully saturated rings. The first-order chi connectivity index (χ1) is 5.79. The fraction of sp³-hybridized carbons (Fsp3) is 0.333. The van der Waals surface area contributed by atoms with E-state index in [0.29, 0.717) is 0 Å². The number of aliphatic hydroxyl groups excluding tert-OH is 1. The standard InChI is InChI=1S/C9H11BO2/c10-7-1-2-9-6(3-7)4-8(5-11)12-9/h1-3,8,11H,4-5,10H2. The summed E-state index contributed by atoms with van der Waals surface area (Å²) in [7, 11) is 2.06. The quantitative estimate of drug-likeness (QED) is 0.550. The fourth-order valence-corrected chi connectivity index (χ4v) is 1.55. The SMILES string of the molecule is Bc1ccc2c(c1)CC(CO)O2. The van der Waals surface area contributed by atoms with Gasteiger partial charge in [-0.2, -0.15) is 0 Å². The van der Waals surface area contributed by atoms with E-state index >= 15 is 0 Å². The van der Waals surface area contributed by atoms with E-state index in [0.717, 1.165) is 12.2 Å². The number of hydrogen-bond acceptors (Lipinski definition) is 2. The van der Waals surface area contributed by atoms with E-state index in [9.17, 15) is 0 Å². The highest BCUT2D eigenvalue weighted by Crippen LogP contribution is 2.26. The van der Waals surface area contributed by atoms with Crippen molar-refractivity contribution in [2.45, 2.75) is 12.5 Å². The topological polar surface area (TPSA) is 29.5 Å². The predicted molar refractivity (Wildman–Crippen MR) is 49.8 cm³/mol. The van der Waals surface area contributed by atoms with Crippen LogP contribution < -0.4 is 10.2 Å². The van der Waals surface area contributed by atoms with Crippen molar-refractivity contribution in [1.82, 2.24) is 0 Å². The lowest BCUT2D eigenvalue weighted by Crippen LogP contribution is -2.17. The molecular formula is C9H11BO2. The zero-order chi connectivity index (χ0) is 8.55. The lowest BCUT2D eigenvalue weighted by molar-refractivity contribution is 0.134. The van der Waals surface area contributed by atoms with Crippen molar-refractivity contribution >= 4 is 13.3 Å². The van der Waals surface area contributed by atoms with Crippen LogP contribution in [-0.2, 0) is 6.42 Å². The summed E-state index contributed by atoms with van der Waals surface area (Å²) in [5, 5.41) is 8.88. The van der Waals surface area contributed by atoms with Gasteiger partial charge in [0.05, 0.1) is 6.61 Å². The molecule has 1 heterocycles. The average Bonchev–Trinajstić information content (AvgIpc) is 2.46. The number of rotatable bonds is 1. The third-order valence-electron chi connectivity index (χ3n) is 2.16. The van der Waals surface area contributed by atoms with Gasteiger partial charge < -0.3 is 9.84 Å². The van der Waals surface area contributed by atoms with Crippen LogP contribution in [0.1, 0.15) is 5.56 Å². The van der Waals surface area contributed by atoms with Gasteiger partial charge in [-0.15, -0.1) is 0 Å². The van der Waals surface area contributed by atoms with E-state index in [1.807, 2.05) is 12.1 Å². The Bertz CT molecular complexity index is 299. The molecule has 1 aliphatic heterocycles. The van der Waals surface area contributed by atoms with Crippen molar-refractivity contribution in [3.8, 4) is 5.75 Å². The van der Waals surface area contributed by atoms with Crippen molar-refractivity contribution in [3.05, 3.63) is 23.8 Å². The van der Waals surface area contributed by atoms with Gasteiger partial charge in [-0.25, -0.2) is 0 Å². The maximum absolute atomic E-state index is 8.88. The number of benzene rings is 1. The molecule has 1 aliphatic rings. The van der Waals surface area contributed by atoms with E-state index in [-0.39, 0.29) is 12.7 Å². The predicted octanol–water partition coefficient (Wildman–Crippen LogP) is -0.759. The number of fused-ring (bicyclic) bond motifs is 1. The Morgan fingerprint density at radius 1 is 1.58 bits per heavy atom. The first kappa shape index (κ1) is 7.68. The van der Waals surface area contributed by atoms with Crippen LogP contribution in [0.2, 0.25) is 0 Å². The molecule has 1 atom stereocenters. The van der Waals surface area contributed by atoms with Gasteiger partial charge in [-0.1, -0.05) is 17.6 Å². The van der Waals surface area contributed by atoms with Gasteiger partial charge in [-0.3, -0.25) is 0 Å². The Labute approximate surface area is 72.6 Å². The number of aliphatic hydroxyl groups is 1. The normalized spacial score (nSPS) is 20.2. The van der Waals surface area contributed by atoms with Gasteiger partial charge in [0.1, 0.15) is 19.7 Å². The van der Waals surface area contributed by atoms with Gasteiger partial charge >= 0.3 is 0 Å². The highest BCUT2D eigenvalue weighted by Gasteiger charge is 2.21. The van der Waals surface area contributed by atoms with E-state index in [1.165, 1.54) is 11.0 Å². The summed E-state index contributed by atoms with van der Waals surface area (Å²) >= 11 is 0. The van der Waals surface area contributed by atoms with Crippen molar-refractivity contribution in [3.63, 3.8) is 0 Å². The zero-order valence-corrected chi connectivity index (χ0v) is 7.08. The first-order valence-electron chi connectivity index (χ1n) is 4.16. The minimum Gasteiger partial charge on any atom is -0.487 e. The van der Waals surface area contributed by atoms with E-state index < -0.39 is 0 Å². The minimum atomic E-state index is -0.0261. The molecule has 1 unspecified atom stereocenters. The summed E-state index contributed by atoms with van der Waals surface area (Å²) in [5.74, 6) is 0.930. The maximum atomic E-state index is 8.88. The molecule has 0 spiro atoms. The molecule has 12 heavy (non-hydrogen) atoms. The van der Waals surface area contributed by atoms with E-state index in [4.69, 9.17) is 9.84 Å². The molecule has 3 heteroatoms. The first-order valence-corrected chi connectivity index (χ1v) is 4.16. The monoisotopic (exact) mass is 162 g/mol. The van der Waals surface area contributed by atoms with Gasteiger partial charge in [0, 0.05) is 6.42 Å². The third-order valence-corrected chi connectivity index (χ3v) is 2.16. The number of ether oxygens (including phenoxy) is 1. The second-order valence-corrected chi connectivity index (χ2v) is 3.24. The Kier molecular flexibility index (Phi) is 1.81. The molecule has 2 nitrogen and oxygen atoms in total. The van der Waals surface area contributed by atoms with Crippen LogP contribution in [0.15, 0.2) is 18.2 Å². The largest absolute Gasteiger partial charge is 0.487 e. The summed E-state index contributed by atoms with van der Waals surface area (Å²) in [4.78, 5) is 0. The Morgan fingerprint density at radius 2 is 2.42 bits per heavy atom. The lowest BCUT2D eigenvalue weighted by atomic mass is 9.93. The highest BCUT2D eigenvalue weighted by atomic mass is 16.5. The van der Waals surface area contributed by atoms with Crippen molar-refractivity contribution in [2.24, 2.45) is 0 Å². The van der Waals surface area contributed by atoms with Crippen LogP contribution in [-0.4, -0.2) is 25.7 Å². The fourth-order valence-electron chi connectivity index (χ4n) is 1.55. The lowest BCUT2D eigenvalue weighted by Gasteiger charge is -2.04. The van der Waals surface area contributed by atoms with Crippen LogP contribution >= 0.6 is 0 Å². The molecule has 0 bridgehead atoms. The Morgan fingerprint density at radius 3 is 3.17 bits per heavy atom. The molecule has 0 amide bonds. The second-order valence-electron chi connectivity index (χ2n) is 3.24. The summed E-state index contributed by atoms with van der Waals surface area (Å²) < 4.78 is 5.46. The third kappa shape index (κ3) is 1.20. The zero-order valence-electron chi connectivity index (χ0n) is 7.08. The molecule has 0 aliphatic carbocycles. The maximum Gasteiger partial charge on any atom is 0.139 e. The van der Waals surface area contributed by atoms with E-state index in [2.05, 4.69) is 13.9 Å². The summed E-state index contributed by atoms with van der Waals surface area (Å²) in [5.41, 5.74) is 2.46. The van der Waals surface area contributed by atoms with Gasteiger partial charge in [0.25, 0.3) is 0 Å². The highest BCUT2D eigenvalue weighted by molar-refractivity contribution is 6.32. The smallest absolute Gasteiger partial charge is 0.139 e. The molecule has 62 valence electrons. The van der Waals surface area contributed by atoms with Crippen LogP contribution in [0.5, 0.6) is 5.75 Å². The van der Waals surface area contributed by atoms with Crippen molar-refractivity contribution in [2.75, 3.05) is 6.61 Å². The van der Waals surface area contributed by atoms with Crippen LogP contribution in [0.4, 0.5) is 0 Å². The summed E-state index contributed by atoms with van der Waals surface area (Å²) in [6.45, 7) is 0.105. The molecule has 2 rings (SSSR count). The van der Waals surface area contributed by atoms with Crippen LogP contribution in [0.25, 0.3) is 0 Å². The molecule has 1 aromatic carbocycles. The van der Waals surface area contributed by atoms with Gasteiger partial charge in [0.15, 0.2) is 0 Å².